The van der Waals surface area contributed by atoms with Crippen LogP contribution in [0.3, 0.4) is 0 Å². The summed E-state index contributed by atoms with van der Waals surface area (Å²) in [6.45, 7) is 2.27. The molecule has 14 heteroatoms. The number of H-pyrrole nitrogens is 1. The Morgan fingerprint density at radius 2 is 2.14 bits per heavy atom. The van der Waals surface area contributed by atoms with Crippen LogP contribution in [-0.4, -0.2) is 52.3 Å². The second-order valence-electron chi connectivity index (χ2n) is 8.59. The Balaban J connectivity index is 1.04. The van der Waals surface area contributed by atoms with Crippen LogP contribution in [0.5, 0.6) is 10.4 Å². The molecule has 12 nitrogen and oxygen atoms in total. The van der Waals surface area contributed by atoms with Crippen molar-refractivity contribution in [3.05, 3.63) is 39.0 Å². The van der Waals surface area contributed by atoms with Gasteiger partial charge in [-0.2, -0.15) is 4.98 Å². The predicted octanol–water partition coefficient (Wildman–Crippen LogP) is 5.24. The summed E-state index contributed by atoms with van der Waals surface area (Å²) in [5.41, 5.74) is 9.67. The third kappa shape index (κ3) is 6.59. The molecule has 0 amide bonds. The lowest BCUT2D eigenvalue weighted by Gasteiger charge is -2.05. The fraction of sp³-hybridized carbons (Fsp3) is 0.478. The molecule has 2 aliphatic carbocycles. The number of rotatable bonds is 13. The Morgan fingerprint density at radius 1 is 1.27 bits per heavy atom. The van der Waals surface area contributed by atoms with E-state index in [4.69, 9.17) is 24.5 Å². The number of nitrogens with one attached hydrogen (secondary N) is 1. The molecule has 3 heterocycles. The van der Waals surface area contributed by atoms with Gasteiger partial charge in [-0.1, -0.05) is 27.8 Å². The second-order valence-corrected chi connectivity index (χ2v) is 10.6. The molecule has 2 atom stereocenters. The summed E-state index contributed by atoms with van der Waals surface area (Å²) in [7, 11) is 0. The summed E-state index contributed by atoms with van der Waals surface area (Å²) in [4.78, 5) is 39.1. The maximum Gasteiger partial charge on any atom is 0.354 e. The van der Waals surface area contributed by atoms with Crippen LogP contribution >= 0.6 is 22.7 Å². The summed E-state index contributed by atoms with van der Waals surface area (Å²) < 4.78 is 22.7. The van der Waals surface area contributed by atoms with Gasteiger partial charge in [0.05, 0.1) is 22.8 Å². The van der Waals surface area contributed by atoms with Gasteiger partial charge in [0, 0.05) is 11.1 Å². The number of hydrogen-bond acceptors (Lipinski definition) is 11. The number of carbonyl (C=O) groups excluding carboxylic acids is 2. The van der Waals surface area contributed by atoms with E-state index in [1.165, 1.54) is 28.7 Å². The van der Waals surface area contributed by atoms with Gasteiger partial charge in [0.25, 0.3) is 10.4 Å². The first-order valence-corrected chi connectivity index (χ1v) is 13.6. The quantitative estimate of drug-likeness (QED) is 0.0763. The Bertz CT molecular complexity index is 1340. The number of ether oxygens (including phenoxy) is 4. The first kappa shape index (κ1) is 25.1. The van der Waals surface area contributed by atoms with E-state index in [2.05, 4.69) is 25.0 Å². The van der Waals surface area contributed by atoms with Gasteiger partial charge in [-0.25, -0.2) is 14.6 Å². The van der Waals surface area contributed by atoms with Crippen LogP contribution in [0, 0.1) is 5.92 Å². The van der Waals surface area contributed by atoms with E-state index in [-0.39, 0.29) is 24.5 Å². The van der Waals surface area contributed by atoms with Crippen molar-refractivity contribution in [2.45, 2.75) is 51.2 Å². The van der Waals surface area contributed by atoms with Crippen molar-refractivity contribution in [3.8, 4) is 10.4 Å². The molecule has 5 rings (SSSR count). The fourth-order valence-electron chi connectivity index (χ4n) is 3.58. The van der Waals surface area contributed by atoms with E-state index in [0.29, 0.717) is 45.6 Å². The van der Waals surface area contributed by atoms with Crippen molar-refractivity contribution >= 4 is 51.0 Å². The second kappa shape index (κ2) is 11.2. The number of azide groups is 1. The van der Waals surface area contributed by atoms with Crippen LogP contribution in [0.4, 0.5) is 0 Å². The molecule has 3 aromatic rings. The van der Waals surface area contributed by atoms with Crippen molar-refractivity contribution in [2.24, 2.45) is 11.0 Å². The zero-order valence-electron chi connectivity index (χ0n) is 19.9. The molecule has 2 fully saturated rings. The Labute approximate surface area is 219 Å². The van der Waals surface area contributed by atoms with E-state index in [9.17, 15) is 9.59 Å². The van der Waals surface area contributed by atoms with Gasteiger partial charge in [0.1, 0.15) is 23.6 Å². The number of thiazole rings is 2. The third-order valence-corrected chi connectivity index (χ3v) is 7.38. The summed E-state index contributed by atoms with van der Waals surface area (Å²) in [6, 6.07) is 1.71. The highest BCUT2D eigenvalue weighted by molar-refractivity contribution is 7.20. The Kier molecular flexibility index (Phi) is 7.58. The highest BCUT2D eigenvalue weighted by atomic mass is 32.1. The van der Waals surface area contributed by atoms with Gasteiger partial charge in [-0.05, 0) is 62.6 Å². The number of aromatic amines is 1. The zero-order chi connectivity index (χ0) is 25.8. The maximum atomic E-state index is 12.4. The van der Waals surface area contributed by atoms with Gasteiger partial charge in [-0.15, -0.1) is 0 Å². The van der Waals surface area contributed by atoms with Gasteiger partial charge in [0.2, 0.25) is 0 Å². The molecule has 1 N–H and O–H groups in total. The van der Waals surface area contributed by atoms with Crippen LogP contribution in [0.15, 0.2) is 23.1 Å². The standard InChI is InChI=1S/C23H24N6O6S2/c1-2-32-20(30)15-10-18-19(26-15)27-23(37-18)35-17-8-12(17)4-3-7-33-21(31)16(28-29-24)9-14-11-25-22(36-14)34-13-5-6-13/h9-13,17,26H,2-8H2,1H3/b16-9-. The van der Waals surface area contributed by atoms with E-state index in [1.54, 1.807) is 19.2 Å². The van der Waals surface area contributed by atoms with E-state index in [0.717, 1.165) is 30.4 Å². The van der Waals surface area contributed by atoms with Crippen LogP contribution in [0.2, 0.25) is 0 Å². The Hall–Kier alpha value is -3.61. The molecule has 2 saturated carbocycles. The Morgan fingerprint density at radius 3 is 2.89 bits per heavy atom. The van der Waals surface area contributed by atoms with Gasteiger partial charge < -0.3 is 23.9 Å². The van der Waals surface area contributed by atoms with E-state index < -0.39 is 11.9 Å². The molecular formula is C23H24N6O6S2. The zero-order valence-corrected chi connectivity index (χ0v) is 21.5. The predicted molar refractivity (Wildman–Crippen MR) is 136 cm³/mol. The molecule has 2 aliphatic rings. The number of aromatic nitrogens is 3. The van der Waals surface area contributed by atoms with Gasteiger partial charge in [0.15, 0.2) is 5.65 Å². The van der Waals surface area contributed by atoms with Crippen molar-refractivity contribution in [1.82, 2.24) is 15.0 Å². The van der Waals surface area contributed by atoms with Crippen molar-refractivity contribution < 1.29 is 28.5 Å². The van der Waals surface area contributed by atoms with Crippen LogP contribution < -0.4 is 9.47 Å². The lowest BCUT2D eigenvalue weighted by atomic mass is 10.2. The molecule has 3 aromatic heterocycles. The molecule has 0 saturated heterocycles. The monoisotopic (exact) mass is 544 g/mol. The summed E-state index contributed by atoms with van der Waals surface area (Å²) in [6.07, 6.45) is 7.74. The first-order chi connectivity index (χ1) is 18.0. The lowest BCUT2D eigenvalue weighted by molar-refractivity contribution is -0.139. The van der Waals surface area contributed by atoms with Crippen LogP contribution in [0.1, 0.15) is 54.4 Å². The molecule has 2 unspecified atom stereocenters. The van der Waals surface area contributed by atoms with Crippen LogP contribution in [0.25, 0.3) is 26.9 Å². The summed E-state index contributed by atoms with van der Waals surface area (Å²) in [5, 5.41) is 4.55. The topological polar surface area (TPSA) is 161 Å². The molecule has 0 aliphatic heterocycles. The minimum absolute atomic E-state index is 0.0625. The average molecular weight is 545 g/mol. The minimum atomic E-state index is -0.681. The largest absolute Gasteiger partial charge is 0.467 e. The smallest absolute Gasteiger partial charge is 0.354 e. The lowest BCUT2D eigenvalue weighted by Crippen LogP contribution is -2.08. The summed E-state index contributed by atoms with van der Waals surface area (Å²) in [5.74, 6) is -0.735. The minimum Gasteiger partial charge on any atom is -0.467 e. The molecule has 37 heavy (non-hydrogen) atoms. The number of hydrogen-bond donors (Lipinski definition) is 1. The normalized spacial score (nSPS) is 18.8. The number of esters is 2. The van der Waals surface area contributed by atoms with Crippen molar-refractivity contribution in [3.63, 3.8) is 0 Å². The van der Waals surface area contributed by atoms with E-state index in [1.807, 2.05) is 0 Å². The molecule has 194 valence electrons. The maximum absolute atomic E-state index is 12.4. The molecular weight excluding hydrogens is 520 g/mol. The van der Waals surface area contributed by atoms with Crippen molar-refractivity contribution in [1.29, 1.82) is 0 Å². The molecule has 0 radical (unpaired) electrons. The highest BCUT2D eigenvalue weighted by Crippen LogP contribution is 2.40. The summed E-state index contributed by atoms with van der Waals surface area (Å²) >= 11 is 2.65. The fourth-order valence-corrected chi connectivity index (χ4v) is 5.21. The van der Waals surface area contributed by atoms with E-state index >= 15 is 0 Å². The van der Waals surface area contributed by atoms with Crippen molar-refractivity contribution in [2.75, 3.05) is 13.2 Å². The SMILES string of the molecule is CCOC(=O)c1cc2sc(OC3CC3CCCOC(=O)/C(=C/c3cnc(OC4CC4)s3)N=[N+]=[N-])nc2[nH]1. The number of nitrogens with zero attached hydrogens (tertiary/aromatic N) is 5. The number of carbonyl (C=O) groups is 2. The molecule has 0 bridgehead atoms. The number of fused-ring (bicyclic) bond motifs is 1. The molecule has 0 spiro atoms. The molecule has 0 aromatic carbocycles. The average Bonchev–Trinajstić information content (AvgIpc) is 3.68. The van der Waals surface area contributed by atoms with Crippen LogP contribution in [-0.2, 0) is 14.3 Å². The highest BCUT2D eigenvalue weighted by Gasteiger charge is 2.39. The first-order valence-electron chi connectivity index (χ1n) is 11.9. The third-order valence-electron chi connectivity index (χ3n) is 5.65. The van der Waals surface area contributed by atoms with Gasteiger partial charge >= 0.3 is 11.9 Å². The van der Waals surface area contributed by atoms with Gasteiger partial charge in [-0.3, -0.25) is 0 Å².